The minimum Gasteiger partial charge on any atom is -0.340 e. The minimum atomic E-state index is -0.485. The molecule has 5 nitrogen and oxygen atoms in total. The van der Waals surface area contributed by atoms with Crippen LogP contribution in [0.2, 0.25) is 0 Å². The van der Waals surface area contributed by atoms with Gasteiger partial charge in [0, 0.05) is 42.7 Å². The average molecular weight is 449 g/mol. The predicted molar refractivity (Wildman–Crippen MR) is 113 cm³/mol. The van der Waals surface area contributed by atoms with Gasteiger partial charge < -0.3 is 9.80 Å². The smallest absolute Gasteiger partial charge is 0.325 e. The highest BCUT2D eigenvalue weighted by Gasteiger charge is 2.33. The lowest BCUT2D eigenvalue weighted by molar-refractivity contribution is -0.131. The largest absolute Gasteiger partial charge is 0.340 e. The Morgan fingerprint density at radius 3 is 2.61 bits per heavy atom. The highest BCUT2D eigenvalue weighted by molar-refractivity contribution is 7.99. The molecule has 1 atom stereocenters. The quantitative estimate of drug-likeness (QED) is 0.707. The van der Waals surface area contributed by atoms with Gasteiger partial charge in [-0.15, -0.1) is 0 Å². The van der Waals surface area contributed by atoms with Gasteiger partial charge in [0.1, 0.15) is 24.0 Å². The predicted octanol–water partition coefficient (Wildman–Crippen LogP) is 4.05. The third-order valence-electron chi connectivity index (χ3n) is 5.56. The summed E-state index contributed by atoms with van der Waals surface area (Å²) < 4.78 is 41.7. The summed E-state index contributed by atoms with van der Waals surface area (Å²) in [6.45, 7) is 1.41. The van der Waals surface area contributed by atoms with Crippen molar-refractivity contribution in [1.29, 1.82) is 0 Å². The molecule has 2 aliphatic heterocycles. The fraction of sp³-hybridized carbons (Fsp3) is 0.364. The molecule has 0 spiro atoms. The Labute approximate surface area is 182 Å². The monoisotopic (exact) mass is 449 g/mol. The zero-order valence-electron chi connectivity index (χ0n) is 16.8. The molecule has 4 rings (SSSR count). The molecular formula is C22H22F3N3O2S. The summed E-state index contributed by atoms with van der Waals surface area (Å²) in [5, 5.41) is -0.238. The Balaban J connectivity index is 1.37. The minimum absolute atomic E-state index is 0.0898. The Hall–Kier alpha value is -2.68. The first-order valence-corrected chi connectivity index (χ1v) is 11.1. The Kier molecular flexibility index (Phi) is 6.41. The average Bonchev–Trinajstić information content (AvgIpc) is 2.96. The zero-order chi connectivity index (χ0) is 22.0. The normalized spacial score (nSPS) is 19.6. The first-order valence-electron chi connectivity index (χ1n) is 10.1. The van der Waals surface area contributed by atoms with Crippen molar-refractivity contribution in [3.05, 3.63) is 65.5 Å². The maximum absolute atomic E-state index is 14.1. The number of rotatable bonds is 4. The van der Waals surface area contributed by atoms with E-state index in [4.69, 9.17) is 0 Å². The van der Waals surface area contributed by atoms with Gasteiger partial charge in [-0.3, -0.25) is 9.69 Å². The fourth-order valence-corrected chi connectivity index (χ4v) is 5.16. The summed E-state index contributed by atoms with van der Waals surface area (Å²) in [4.78, 5) is 29.9. The molecule has 0 radical (unpaired) electrons. The highest BCUT2D eigenvalue weighted by Crippen LogP contribution is 2.36. The molecule has 9 heteroatoms. The number of amides is 3. The molecule has 2 aliphatic rings. The van der Waals surface area contributed by atoms with E-state index in [9.17, 15) is 22.8 Å². The van der Waals surface area contributed by atoms with Crippen LogP contribution in [0.5, 0.6) is 0 Å². The van der Waals surface area contributed by atoms with Crippen LogP contribution in [0.3, 0.4) is 0 Å². The molecule has 2 fully saturated rings. The van der Waals surface area contributed by atoms with E-state index in [2.05, 4.69) is 0 Å². The van der Waals surface area contributed by atoms with Crippen molar-refractivity contribution in [2.75, 3.05) is 43.4 Å². The molecule has 31 heavy (non-hydrogen) atoms. The number of halogens is 3. The van der Waals surface area contributed by atoms with E-state index in [0.29, 0.717) is 43.9 Å². The summed E-state index contributed by atoms with van der Waals surface area (Å²) in [6.07, 6.45) is 0.492. The second-order valence-corrected chi connectivity index (χ2v) is 8.81. The molecule has 0 aromatic heterocycles. The van der Waals surface area contributed by atoms with E-state index in [1.54, 1.807) is 17.0 Å². The van der Waals surface area contributed by atoms with Crippen LogP contribution in [0.15, 0.2) is 42.5 Å². The fourth-order valence-electron chi connectivity index (χ4n) is 3.92. The lowest BCUT2D eigenvalue weighted by atomic mass is 10.1. The van der Waals surface area contributed by atoms with Gasteiger partial charge in [-0.05, 0) is 36.8 Å². The molecular weight excluding hydrogens is 427 g/mol. The van der Waals surface area contributed by atoms with Crippen LogP contribution in [0.4, 0.5) is 23.7 Å². The second kappa shape index (κ2) is 9.21. The SMILES string of the molecule is O=C(CN1CCN(c2ccccc2F)C1=O)N1CCS[C@H](c2cc(F)ccc2F)CC1. The third-order valence-corrected chi connectivity index (χ3v) is 6.87. The van der Waals surface area contributed by atoms with E-state index in [1.807, 2.05) is 0 Å². The van der Waals surface area contributed by atoms with Crippen molar-refractivity contribution in [3.63, 3.8) is 0 Å². The molecule has 3 amide bonds. The molecule has 2 heterocycles. The summed E-state index contributed by atoms with van der Waals surface area (Å²) in [5.74, 6) is -1.04. The van der Waals surface area contributed by atoms with E-state index in [1.165, 1.54) is 39.8 Å². The van der Waals surface area contributed by atoms with E-state index < -0.39 is 23.5 Å². The number of anilines is 1. The van der Waals surface area contributed by atoms with Gasteiger partial charge in [0.05, 0.1) is 5.69 Å². The van der Waals surface area contributed by atoms with Gasteiger partial charge in [0.25, 0.3) is 0 Å². The first kappa shape index (κ1) is 21.5. The number of hydrogen-bond donors (Lipinski definition) is 0. The summed E-state index contributed by atoms with van der Waals surface area (Å²) >= 11 is 1.49. The molecule has 164 valence electrons. The van der Waals surface area contributed by atoms with Crippen LogP contribution in [0, 0.1) is 17.5 Å². The number of thioether (sulfide) groups is 1. The number of carbonyl (C=O) groups excluding carboxylic acids is 2. The summed E-state index contributed by atoms with van der Waals surface area (Å²) in [6, 6.07) is 9.08. The summed E-state index contributed by atoms with van der Waals surface area (Å²) in [7, 11) is 0. The second-order valence-electron chi connectivity index (χ2n) is 7.50. The van der Waals surface area contributed by atoms with Crippen molar-refractivity contribution in [1.82, 2.24) is 9.80 Å². The van der Waals surface area contributed by atoms with Crippen LogP contribution in [-0.2, 0) is 4.79 Å². The van der Waals surface area contributed by atoms with Gasteiger partial charge in [0.2, 0.25) is 5.91 Å². The standard InChI is InChI=1S/C22H22F3N3O2S/c23-15-5-6-17(24)16(13-15)20-7-8-26(11-12-31-20)21(29)14-27-9-10-28(22(27)30)19-4-2-1-3-18(19)25/h1-6,13,20H,7-12,14H2/t20-/m0/s1. The molecule has 0 aliphatic carbocycles. The van der Waals surface area contributed by atoms with Crippen molar-refractivity contribution in [2.24, 2.45) is 0 Å². The number of para-hydroxylation sites is 1. The van der Waals surface area contributed by atoms with Crippen LogP contribution in [-0.4, -0.2) is 60.2 Å². The van der Waals surface area contributed by atoms with E-state index in [0.717, 1.165) is 12.1 Å². The lowest BCUT2D eigenvalue weighted by Gasteiger charge is -2.24. The van der Waals surface area contributed by atoms with Crippen molar-refractivity contribution >= 4 is 29.4 Å². The molecule has 0 saturated carbocycles. The topological polar surface area (TPSA) is 43.9 Å². The summed E-state index contributed by atoms with van der Waals surface area (Å²) in [5.41, 5.74) is 0.517. The molecule has 0 N–H and O–H groups in total. The molecule has 0 bridgehead atoms. The number of benzene rings is 2. The van der Waals surface area contributed by atoms with Crippen LogP contribution in [0.25, 0.3) is 0 Å². The first-order chi connectivity index (χ1) is 14.9. The third kappa shape index (κ3) is 4.66. The van der Waals surface area contributed by atoms with Crippen LogP contribution in [0.1, 0.15) is 17.2 Å². The molecule has 0 unspecified atom stereocenters. The molecule has 2 aromatic rings. The maximum atomic E-state index is 14.1. The zero-order valence-corrected chi connectivity index (χ0v) is 17.6. The molecule has 2 saturated heterocycles. The Morgan fingerprint density at radius 2 is 1.81 bits per heavy atom. The number of nitrogens with zero attached hydrogens (tertiary/aromatic N) is 3. The Bertz CT molecular complexity index is 990. The highest BCUT2D eigenvalue weighted by atomic mass is 32.2. The number of carbonyl (C=O) groups is 2. The number of hydrogen-bond acceptors (Lipinski definition) is 3. The lowest BCUT2D eigenvalue weighted by Crippen LogP contribution is -2.43. The van der Waals surface area contributed by atoms with Crippen molar-refractivity contribution in [3.8, 4) is 0 Å². The van der Waals surface area contributed by atoms with Gasteiger partial charge in [0.15, 0.2) is 0 Å². The van der Waals surface area contributed by atoms with Crippen LogP contribution < -0.4 is 4.90 Å². The van der Waals surface area contributed by atoms with Gasteiger partial charge >= 0.3 is 6.03 Å². The van der Waals surface area contributed by atoms with E-state index >= 15 is 0 Å². The van der Waals surface area contributed by atoms with E-state index in [-0.39, 0.29) is 23.4 Å². The van der Waals surface area contributed by atoms with Gasteiger partial charge in [-0.25, -0.2) is 18.0 Å². The van der Waals surface area contributed by atoms with Gasteiger partial charge in [-0.2, -0.15) is 11.8 Å². The van der Waals surface area contributed by atoms with Crippen molar-refractivity contribution < 1.29 is 22.8 Å². The Morgan fingerprint density at radius 1 is 1.00 bits per heavy atom. The number of urea groups is 1. The molecule has 2 aromatic carbocycles. The van der Waals surface area contributed by atoms with Gasteiger partial charge in [-0.1, -0.05) is 12.1 Å². The van der Waals surface area contributed by atoms with Crippen molar-refractivity contribution in [2.45, 2.75) is 11.7 Å². The van der Waals surface area contributed by atoms with Crippen LogP contribution >= 0.6 is 11.8 Å². The maximum Gasteiger partial charge on any atom is 0.325 e.